The van der Waals surface area contributed by atoms with Crippen LogP contribution in [0.25, 0.3) is 0 Å². The highest BCUT2D eigenvalue weighted by atomic mass is 32.2. The van der Waals surface area contributed by atoms with E-state index in [2.05, 4.69) is 6.92 Å². The van der Waals surface area contributed by atoms with E-state index in [9.17, 15) is 9.59 Å². The highest BCUT2D eigenvalue weighted by Crippen LogP contribution is 2.35. The first-order chi connectivity index (χ1) is 10.2. The van der Waals surface area contributed by atoms with Gasteiger partial charge in [-0.15, -0.1) is 0 Å². The summed E-state index contributed by atoms with van der Waals surface area (Å²) in [6.07, 6.45) is 3.03. The van der Waals surface area contributed by atoms with Gasteiger partial charge in [0.1, 0.15) is 0 Å². The molecule has 1 saturated heterocycles. The summed E-state index contributed by atoms with van der Waals surface area (Å²) < 4.78 is 0. The lowest BCUT2D eigenvalue weighted by atomic mass is 9.66. The highest BCUT2D eigenvalue weighted by Gasteiger charge is 2.38. The van der Waals surface area contributed by atoms with Gasteiger partial charge in [0, 0.05) is 6.42 Å². The van der Waals surface area contributed by atoms with Gasteiger partial charge in [-0.2, -0.15) is 11.8 Å². The molecule has 1 fully saturated rings. The number of carbonyl (C=O) groups is 2. The van der Waals surface area contributed by atoms with Crippen molar-refractivity contribution < 1.29 is 9.59 Å². The number of amides is 2. The molecule has 5 heteroatoms. The molecule has 22 heavy (non-hydrogen) atoms. The first kappa shape index (κ1) is 17.1. The Morgan fingerprint density at radius 2 is 1.91 bits per heavy atom. The number of rotatable bonds is 5. The predicted octanol–water partition coefficient (Wildman–Crippen LogP) is 3.54. The van der Waals surface area contributed by atoms with Crippen LogP contribution >= 0.6 is 11.8 Å². The van der Waals surface area contributed by atoms with E-state index in [0.717, 1.165) is 6.42 Å². The van der Waals surface area contributed by atoms with Gasteiger partial charge in [-0.3, -0.25) is 9.59 Å². The van der Waals surface area contributed by atoms with E-state index in [1.54, 1.807) is 0 Å². The lowest BCUT2D eigenvalue weighted by molar-refractivity contribution is -0.121. The average molecular weight is 315 g/mol. The summed E-state index contributed by atoms with van der Waals surface area (Å²) in [5, 5.41) is -0.464. The zero-order chi connectivity index (χ0) is 16.5. The SMILES string of the molecule is [B]C(C)(C)CC(C)c1ccc(N2C(=O)CC(SC)C2=O)cc1. The number of benzene rings is 1. The molecule has 2 unspecified atom stereocenters. The molecule has 0 bridgehead atoms. The quantitative estimate of drug-likeness (QED) is 0.616. The van der Waals surface area contributed by atoms with E-state index >= 15 is 0 Å². The van der Waals surface area contributed by atoms with Crippen LogP contribution < -0.4 is 4.90 Å². The topological polar surface area (TPSA) is 37.4 Å². The molecule has 2 atom stereocenters. The van der Waals surface area contributed by atoms with Gasteiger partial charge in [0.25, 0.3) is 0 Å². The Balaban J connectivity index is 2.16. The van der Waals surface area contributed by atoms with Crippen molar-refractivity contribution in [2.45, 2.75) is 50.1 Å². The smallest absolute Gasteiger partial charge is 0.247 e. The summed E-state index contributed by atoms with van der Waals surface area (Å²) >= 11 is 1.43. The standard InChI is InChI=1S/C17H22BNO2S/c1-11(10-17(2,3)18)12-5-7-13(8-6-12)19-15(20)9-14(22-4)16(19)21/h5-8,11,14H,9-10H2,1-4H3. The van der Waals surface area contributed by atoms with E-state index in [4.69, 9.17) is 7.85 Å². The Morgan fingerprint density at radius 1 is 1.32 bits per heavy atom. The maximum Gasteiger partial charge on any atom is 0.247 e. The summed E-state index contributed by atoms with van der Waals surface area (Å²) in [4.78, 5) is 25.6. The van der Waals surface area contributed by atoms with Gasteiger partial charge in [0.2, 0.25) is 11.8 Å². The van der Waals surface area contributed by atoms with E-state index < -0.39 is 0 Å². The van der Waals surface area contributed by atoms with Gasteiger partial charge < -0.3 is 0 Å². The van der Waals surface area contributed by atoms with Gasteiger partial charge in [-0.1, -0.05) is 38.2 Å². The molecule has 1 aromatic carbocycles. The van der Waals surface area contributed by atoms with Gasteiger partial charge in [0.05, 0.1) is 18.8 Å². The van der Waals surface area contributed by atoms with Gasteiger partial charge >= 0.3 is 0 Å². The summed E-state index contributed by atoms with van der Waals surface area (Å²) in [5.41, 5.74) is 1.83. The van der Waals surface area contributed by atoms with Crippen molar-refractivity contribution in [3.05, 3.63) is 29.8 Å². The lowest BCUT2D eigenvalue weighted by Crippen LogP contribution is -2.31. The van der Waals surface area contributed by atoms with Crippen LogP contribution in [0.2, 0.25) is 5.31 Å². The molecule has 0 spiro atoms. The van der Waals surface area contributed by atoms with E-state index in [1.807, 2.05) is 44.4 Å². The van der Waals surface area contributed by atoms with Crippen molar-refractivity contribution >= 4 is 37.1 Å². The van der Waals surface area contributed by atoms with Crippen molar-refractivity contribution in [3.63, 3.8) is 0 Å². The molecule has 1 aliphatic heterocycles. The fourth-order valence-electron chi connectivity index (χ4n) is 2.92. The third-order valence-corrected chi connectivity index (χ3v) is 4.88. The Morgan fingerprint density at radius 3 is 2.36 bits per heavy atom. The Bertz CT molecular complexity index is 565. The zero-order valence-electron chi connectivity index (χ0n) is 13.6. The monoisotopic (exact) mass is 315 g/mol. The summed E-state index contributed by atoms with van der Waals surface area (Å²) in [6.45, 7) is 6.17. The highest BCUT2D eigenvalue weighted by molar-refractivity contribution is 8.00. The van der Waals surface area contributed by atoms with Gasteiger partial charge in [0.15, 0.2) is 0 Å². The van der Waals surface area contributed by atoms with Gasteiger partial charge in [-0.05, 0) is 36.3 Å². The van der Waals surface area contributed by atoms with Crippen LogP contribution in [-0.4, -0.2) is 31.2 Å². The maximum absolute atomic E-state index is 12.2. The minimum absolute atomic E-state index is 0.110. The minimum atomic E-state index is -0.246. The lowest BCUT2D eigenvalue weighted by Gasteiger charge is -2.24. The Hall–Kier alpha value is -1.23. The number of anilines is 1. The summed E-state index contributed by atoms with van der Waals surface area (Å²) in [6, 6.07) is 7.68. The van der Waals surface area contributed by atoms with Crippen molar-refractivity contribution in [1.29, 1.82) is 0 Å². The van der Waals surface area contributed by atoms with Crippen molar-refractivity contribution in [1.82, 2.24) is 0 Å². The number of imide groups is 1. The van der Waals surface area contributed by atoms with Crippen molar-refractivity contribution in [2.75, 3.05) is 11.2 Å². The summed E-state index contributed by atoms with van der Waals surface area (Å²) in [5.74, 6) is 0.104. The Kier molecular flexibility index (Phi) is 5.05. The number of hydrogen-bond acceptors (Lipinski definition) is 3. The van der Waals surface area contributed by atoms with Crippen LogP contribution in [0.3, 0.4) is 0 Å². The van der Waals surface area contributed by atoms with E-state index in [1.165, 1.54) is 22.2 Å². The third kappa shape index (κ3) is 3.75. The molecule has 2 amide bonds. The van der Waals surface area contributed by atoms with Crippen LogP contribution in [0.4, 0.5) is 5.69 Å². The molecular formula is C17H22BNO2S. The second-order valence-electron chi connectivity index (χ2n) is 6.68. The third-order valence-electron chi connectivity index (χ3n) is 3.94. The molecule has 1 heterocycles. The largest absolute Gasteiger partial charge is 0.274 e. The van der Waals surface area contributed by atoms with Gasteiger partial charge in [-0.25, -0.2) is 4.90 Å². The van der Waals surface area contributed by atoms with Crippen LogP contribution in [0.5, 0.6) is 0 Å². The average Bonchev–Trinajstić information content (AvgIpc) is 2.71. The first-order valence-corrected chi connectivity index (χ1v) is 8.80. The molecule has 1 aromatic rings. The number of hydrogen-bond donors (Lipinski definition) is 0. The molecule has 0 N–H and O–H groups in total. The van der Waals surface area contributed by atoms with E-state index in [-0.39, 0.29) is 22.4 Å². The fraction of sp³-hybridized carbons (Fsp3) is 0.529. The molecule has 0 saturated carbocycles. The van der Waals surface area contributed by atoms with Crippen molar-refractivity contribution in [2.24, 2.45) is 0 Å². The first-order valence-electron chi connectivity index (χ1n) is 7.51. The number of nitrogens with zero attached hydrogens (tertiary/aromatic N) is 1. The van der Waals surface area contributed by atoms with Crippen LogP contribution in [0.1, 0.15) is 45.1 Å². The molecule has 3 nitrogen and oxygen atoms in total. The molecular weight excluding hydrogens is 293 g/mol. The number of thioether (sulfide) groups is 1. The Labute approximate surface area is 138 Å². The maximum atomic E-state index is 12.2. The molecule has 2 radical (unpaired) electrons. The van der Waals surface area contributed by atoms with Crippen molar-refractivity contribution in [3.8, 4) is 0 Å². The predicted molar refractivity (Wildman–Crippen MR) is 93.7 cm³/mol. The van der Waals surface area contributed by atoms with E-state index in [0.29, 0.717) is 18.0 Å². The fourth-order valence-corrected chi connectivity index (χ4v) is 3.53. The van der Waals surface area contributed by atoms with Crippen LogP contribution in [0.15, 0.2) is 24.3 Å². The van der Waals surface area contributed by atoms with Crippen LogP contribution in [-0.2, 0) is 9.59 Å². The normalized spacial score (nSPS) is 20.5. The molecule has 116 valence electrons. The molecule has 2 rings (SSSR count). The minimum Gasteiger partial charge on any atom is -0.274 e. The zero-order valence-corrected chi connectivity index (χ0v) is 14.4. The molecule has 0 aliphatic carbocycles. The van der Waals surface area contributed by atoms with Crippen LogP contribution in [0, 0.1) is 0 Å². The second-order valence-corrected chi connectivity index (χ2v) is 7.72. The molecule has 1 aliphatic rings. The second kappa shape index (κ2) is 6.49. The molecule has 0 aromatic heterocycles. The number of carbonyl (C=O) groups excluding carboxylic acids is 2. The summed E-state index contributed by atoms with van der Waals surface area (Å²) in [7, 11) is 6.07.